The summed E-state index contributed by atoms with van der Waals surface area (Å²) in [6.07, 6.45) is 0.277. The maximum absolute atomic E-state index is 12.8. The van der Waals surface area contributed by atoms with Gasteiger partial charge in [0.05, 0.1) is 26.2 Å². The van der Waals surface area contributed by atoms with Gasteiger partial charge in [0.15, 0.2) is 9.84 Å². The monoisotopic (exact) mass is 490 g/mol. The Hall–Kier alpha value is -1.65. The van der Waals surface area contributed by atoms with Crippen LogP contribution in [0.5, 0.6) is 0 Å². The third-order valence-electron chi connectivity index (χ3n) is 4.86. The lowest BCUT2D eigenvalue weighted by atomic mass is 10.3. The second-order valence-electron chi connectivity index (χ2n) is 6.95. The van der Waals surface area contributed by atoms with Crippen LogP contribution in [0.2, 0.25) is 10.0 Å². The van der Waals surface area contributed by atoms with Crippen molar-refractivity contribution in [2.75, 3.05) is 13.1 Å². The van der Waals surface area contributed by atoms with Crippen molar-refractivity contribution in [1.29, 1.82) is 0 Å². The lowest BCUT2D eigenvalue weighted by Crippen LogP contribution is -2.46. The largest absolute Gasteiger partial charge is 0.340 e. The maximum Gasteiger partial charge on any atom is 0.244 e. The number of sulfonamides is 1. The van der Waals surface area contributed by atoms with Gasteiger partial charge in [-0.15, -0.1) is 0 Å². The molecular weight excluding hydrogens is 471 g/mol. The number of rotatable bonds is 6. The van der Waals surface area contributed by atoms with Gasteiger partial charge < -0.3 is 4.90 Å². The van der Waals surface area contributed by atoms with E-state index in [-0.39, 0.29) is 39.3 Å². The van der Waals surface area contributed by atoms with Crippen molar-refractivity contribution in [3.8, 4) is 0 Å². The summed E-state index contributed by atoms with van der Waals surface area (Å²) in [5.74, 6) is -0.521. The van der Waals surface area contributed by atoms with Crippen molar-refractivity contribution >= 4 is 49.0 Å². The first-order valence-corrected chi connectivity index (χ1v) is 12.9. The number of likely N-dealkylation sites (tertiary alicyclic amines) is 1. The lowest BCUT2D eigenvalue weighted by molar-refractivity contribution is -0.131. The molecule has 0 aliphatic carbocycles. The molecule has 2 aromatic carbocycles. The van der Waals surface area contributed by atoms with E-state index in [1.807, 2.05) is 0 Å². The van der Waals surface area contributed by atoms with Crippen molar-refractivity contribution in [3.05, 3.63) is 58.6 Å². The normalized spacial score (nSPS) is 18.4. The summed E-state index contributed by atoms with van der Waals surface area (Å²) in [6.45, 7) is 1.60. The minimum atomic E-state index is -4.16. The number of amides is 1. The van der Waals surface area contributed by atoms with Crippen LogP contribution < -0.4 is 4.72 Å². The molecule has 162 valence electrons. The Morgan fingerprint density at radius 3 is 2.23 bits per heavy atom. The fourth-order valence-corrected chi connectivity index (χ4v) is 7.39. The predicted molar refractivity (Wildman–Crippen MR) is 115 cm³/mol. The fraction of sp³-hybridized carbons (Fsp3) is 0.316. The van der Waals surface area contributed by atoms with Crippen LogP contribution in [0.4, 0.5) is 0 Å². The molecule has 2 aromatic rings. The molecule has 1 amide bonds. The highest BCUT2D eigenvalue weighted by molar-refractivity contribution is 7.92. The van der Waals surface area contributed by atoms with Crippen LogP contribution in [-0.2, 0) is 24.7 Å². The second kappa shape index (κ2) is 8.84. The summed E-state index contributed by atoms with van der Waals surface area (Å²) in [6, 6.07) is 11.2. The molecule has 11 heteroatoms. The van der Waals surface area contributed by atoms with Crippen molar-refractivity contribution < 1.29 is 21.6 Å². The third kappa shape index (κ3) is 4.65. The van der Waals surface area contributed by atoms with Gasteiger partial charge in [-0.25, -0.2) is 16.8 Å². The lowest BCUT2D eigenvalue weighted by Gasteiger charge is -2.22. The first kappa shape index (κ1) is 23.0. The molecule has 1 heterocycles. The molecule has 30 heavy (non-hydrogen) atoms. The van der Waals surface area contributed by atoms with Crippen molar-refractivity contribution in [2.45, 2.75) is 34.4 Å². The summed E-state index contributed by atoms with van der Waals surface area (Å²) < 4.78 is 53.2. The zero-order valence-electron chi connectivity index (χ0n) is 16.0. The second-order valence-corrected chi connectivity index (χ2v) is 11.6. The standard InChI is InChI=1S/C19H20Cl2N2O5S2/c1-13(22-30(27,28)18-16(20)8-5-9-17(18)21)19(24)23-11-10-15(12-23)29(25,26)14-6-3-2-4-7-14/h2-9,13,15,22H,10-12H2,1H3. The molecule has 1 aliphatic rings. The van der Waals surface area contributed by atoms with E-state index in [1.54, 1.807) is 18.2 Å². The van der Waals surface area contributed by atoms with Gasteiger partial charge in [0.2, 0.25) is 15.9 Å². The quantitative estimate of drug-likeness (QED) is 0.670. The Labute approximate surface area is 186 Å². The molecule has 2 unspecified atom stereocenters. The molecule has 1 N–H and O–H groups in total. The van der Waals surface area contributed by atoms with E-state index in [0.29, 0.717) is 0 Å². The summed E-state index contributed by atoms with van der Waals surface area (Å²) >= 11 is 11.9. The summed E-state index contributed by atoms with van der Waals surface area (Å²) in [5, 5.41) is -0.875. The van der Waals surface area contributed by atoms with Gasteiger partial charge in [-0.1, -0.05) is 47.5 Å². The molecule has 2 atom stereocenters. The first-order chi connectivity index (χ1) is 14.0. The Morgan fingerprint density at radius 1 is 1.03 bits per heavy atom. The molecule has 0 saturated carbocycles. The van der Waals surface area contributed by atoms with E-state index in [0.717, 1.165) is 0 Å². The van der Waals surface area contributed by atoms with E-state index in [4.69, 9.17) is 23.2 Å². The average molecular weight is 491 g/mol. The summed E-state index contributed by atoms with van der Waals surface area (Å²) in [4.78, 5) is 14.0. The van der Waals surface area contributed by atoms with Crippen LogP contribution in [0.25, 0.3) is 0 Å². The number of sulfone groups is 1. The highest BCUT2D eigenvalue weighted by Crippen LogP contribution is 2.29. The van der Waals surface area contributed by atoms with Gasteiger partial charge in [-0.05, 0) is 37.6 Å². The van der Waals surface area contributed by atoms with Gasteiger partial charge in [0.1, 0.15) is 4.90 Å². The van der Waals surface area contributed by atoms with Crippen LogP contribution in [0.15, 0.2) is 58.3 Å². The molecular formula is C19H20Cl2N2O5S2. The SMILES string of the molecule is CC(NS(=O)(=O)c1c(Cl)cccc1Cl)C(=O)N1CCC(S(=O)(=O)c2ccccc2)C1. The number of hydrogen-bond acceptors (Lipinski definition) is 5. The molecule has 0 radical (unpaired) electrons. The van der Waals surface area contributed by atoms with Gasteiger partial charge in [-0.2, -0.15) is 4.72 Å². The van der Waals surface area contributed by atoms with Gasteiger partial charge in [0.25, 0.3) is 0 Å². The molecule has 1 fully saturated rings. The van der Waals surface area contributed by atoms with Crippen molar-refractivity contribution in [2.24, 2.45) is 0 Å². The Kier molecular flexibility index (Phi) is 6.78. The van der Waals surface area contributed by atoms with Gasteiger partial charge in [-0.3, -0.25) is 4.79 Å². The minimum Gasteiger partial charge on any atom is -0.340 e. The Balaban J connectivity index is 1.72. The van der Waals surface area contributed by atoms with Crippen LogP contribution in [-0.4, -0.2) is 52.0 Å². The predicted octanol–water partition coefficient (Wildman–Crippen LogP) is 2.74. The summed E-state index contributed by atoms with van der Waals surface area (Å²) in [5.41, 5.74) is 0. The number of hydrogen-bond donors (Lipinski definition) is 1. The zero-order valence-corrected chi connectivity index (χ0v) is 19.1. The number of nitrogens with one attached hydrogen (secondary N) is 1. The highest BCUT2D eigenvalue weighted by atomic mass is 35.5. The number of nitrogens with zero attached hydrogens (tertiary/aromatic N) is 1. The first-order valence-electron chi connectivity index (χ1n) is 9.08. The van der Waals surface area contributed by atoms with Crippen LogP contribution in [0.1, 0.15) is 13.3 Å². The topological polar surface area (TPSA) is 101 Å². The highest BCUT2D eigenvalue weighted by Gasteiger charge is 2.38. The van der Waals surface area contributed by atoms with E-state index in [2.05, 4.69) is 4.72 Å². The van der Waals surface area contributed by atoms with Crippen molar-refractivity contribution in [1.82, 2.24) is 9.62 Å². The van der Waals surface area contributed by atoms with Crippen molar-refractivity contribution in [3.63, 3.8) is 0 Å². The summed E-state index contributed by atoms with van der Waals surface area (Å²) in [7, 11) is -7.75. The van der Waals surface area contributed by atoms with Crippen LogP contribution >= 0.6 is 23.2 Å². The molecule has 0 bridgehead atoms. The average Bonchev–Trinajstić information content (AvgIpc) is 3.18. The molecule has 3 rings (SSSR count). The zero-order chi connectivity index (χ0) is 22.1. The minimum absolute atomic E-state index is 0.00498. The number of carbonyl (C=O) groups is 1. The van der Waals surface area contributed by atoms with Crippen LogP contribution in [0.3, 0.4) is 0 Å². The Bertz CT molecular complexity index is 1130. The number of carbonyl (C=O) groups excluding carboxylic acids is 1. The molecule has 1 aliphatic heterocycles. The van der Waals surface area contributed by atoms with E-state index >= 15 is 0 Å². The molecule has 7 nitrogen and oxygen atoms in total. The van der Waals surface area contributed by atoms with Crippen LogP contribution in [0, 0.1) is 0 Å². The molecule has 1 saturated heterocycles. The van der Waals surface area contributed by atoms with Gasteiger partial charge >= 0.3 is 0 Å². The smallest absolute Gasteiger partial charge is 0.244 e. The third-order valence-corrected chi connectivity index (χ3v) is 9.54. The fourth-order valence-electron chi connectivity index (χ4n) is 3.34. The number of halogens is 2. The van der Waals surface area contributed by atoms with Gasteiger partial charge in [0, 0.05) is 13.1 Å². The number of benzene rings is 2. The molecule has 0 aromatic heterocycles. The van der Waals surface area contributed by atoms with E-state index in [9.17, 15) is 21.6 Å². The maximum atomic E-state index is 12.8. The Morgan fingerprint density at radius 2 is 1.63 bits per heavy atom. The molecule has 0 spiro atoms. The van der Waals surface area contributed by atoms with E-state index < -0.39 is 37.1 Å². The van der Waals surface area contributed by atoms with E-state index in [1.165, 1.54) is 42.2 Å².